The Morgan fingerprint density at radius 1 is 1.03 bits per heavy atom. The molecule has 8 heteroatoms. The van der Waals surface area contributed by atoms with Crippen LogP contribution >= 0.6 is 23.4 Å². The topological polar surface area (TPSA) is 67.9 Å². The Balaban J connectivity index is 1.19. The van der Waals surface area contributed by atoms with Gasteiger partial charge in [0.1, 0.15) is 18.1 Å². The van der Waals surface area contributed by atoms with Gasteiger partial charge in [-0.3, -0.25) is 9.59 Å². The smallest absolute Gasteiger partial charge is 0.251 e. The van der Waals surface area contributed by atoms with Gasteiger partial charge in [0.2, 0.25) is 5.91 Å². The van der Waals surface area contributed by atoms with E-state index in [4.69, 9.17) is 21.1 Å². The Morgan fingerprint density at radius 3 is 2.53 bits per heavy atom. The van der Waals surface area contributed by atoms with Crippen LogP contribution in [0.3, 0.4) is 0 Å². The summed E-state index contributed by atoms with van der Waals surface area (Å²) < 4.78 is 11.6. The average molecular weight is 495 g/mol. The number of amides is 2. The van der Waals surface area contributed by atoms with Crippen molar-refractivity contribution >= 4 is 35.2 Å². The van der Waals surface area contributed by atoms with Gasteiger partial charge in [0.05, 0.1) is 12.3 Å². The molecule has 34 heavy (non-hydrogen) atoms. The minimum atomic E-state index is -0.250. The number of para-hydroxylation sites is 2. The van der Waals surface area contributed by atoms with E-state index in [1.165, 1.54) is 0 Å². The molecule has 0 radical (unpaired) electrons. The quantitative estimate of drug-likeness (QED) is 0.538. The Morgan fingerprint density at radius 2 is 1.76 bits per heavy atom. The molecular weight excluding hydrogens is 472 g/mol. The lowest BCUT2D eigenvalue weighted by molar-refractivity contribution is -0.128. The van der Waals surface area contributed by atoms with E-state index in [-0.39, 0.29) is 23.3 Å². The summed E-state index contributed by atoms with van der Waals surface area (Å²) in [6.07, 6.45) is -0.250. The van der Waals surface area contributed by atoms with E-state index >= 15 is 0 Å². The number of nitrogens with one attached hydrogen (secondary N) is 1. The number of hydrogen-bond acceptors (Lipinski definition) is 5. The minimum Gasteiger partial charge on any atom is -0.486 e. The first kappa shape index (κ1) is 22.6. The van der Waals surface area contributed by atoms with E-state index in [1.54, 1.807) is 23.9 Å². The maximum Gasteiger partial charge on any atom is 0.251 e. The number of carbonyl (C=O) groups is 2. The van der Waals surface area contributed by atoms with E-state index in [0.717, 1.165) is 11.1 Å². The lowest BCUT2D eigenvalue weighted by Crippen LogP contribution is -2.40. The first-order valence-corrected chi connectivity index (χ1v) is 12.4. The summed E-state index contributed by atoms with van der Waals surface area (Å²) in [6, 6.07) is 22.4. The normalized spacial score (nSPS) is 19.2. The number of ether oxygens (including phenoxy) is 2. The van der Waals surface area contributed by atoms with Crippen molar-refractivity contribution in [1.29, 1.82) is 0 Å². The zero-order chi connectivity index (χ0) is 23.5. The maximum absolute atomic E-state index is 12.7. The number of fused-ring (bicyclic) bond motifs is 1. The molecule has 1 N–H and O–H groups in total. The standard InChI is InChI=1S/C26H23ClN2O4S/c27-20-11-5-17(6-12-20)14-29-24(30)16-34-26(29)19-9-7-18(8-10-19)25(31)28-13-21-15-32-22-3-1-2-4-23(22)33-21/h1-12,21,26H,13-16H2,(H,28,31). The molecule has 1 saturated heterocycles. The van der Waals surface area contributed by atoms with Crippen molar-refractivity contribution in [1.82, 2.24) is 10.2 Å². The van der Waals surface area contributed by atoms with Gasteiger partial charge in [-0.25, -0.2) is 0 Å². The number of hydrogen-bond donors (Lipinski definition) is 1. The van der Waals surface area contributed by atoms with Gasteiger partial charge in [0, 0.05) is 17.1 Å². The Labute approximate surface area is 207 Å². The molecule has 2 aliphatic heterocycles. The molecule has 2 unspecified atom stereocenters. The van der Waals surface area contributed by atoms with Crippen molar-refractivity contribution in [2.75, 3.05) is 18.9 Å². The highest BCUT2D eigenvalue weighted by molar-refractivity contribution is 8.00. The van der Waals surface area contributed by atoms with Crippen molar-refractivity contribution in [3.8, 4) is 11.5 Å². The summed E-state index contributed by atoms with van der Waals surface area (Å²) in [4.78, 5) is 27.0. The van der Waals surface area contributed by atoms with Crippen molar-refractivity contribution in [2.24, 2.45) is 0 Å². The molecular formula is C26H23ClN2O4S. The average Bonchev–Trinajstić information content (AvgIpc) is 3.23. The van der Waals surface area contributed by atoms with Gasteiger partial charge in [-0.1, -0.05) is 48.0 Å². The number of nitrogens with zero attached hydrogens (tertiary/aromatic N) is 1. The molecule has 3 aromatic carbocycles. The molecule has 3 aromatic rings. The van der Waals surface area contributed by atoms with Crippen molar-refractivity contribution in [3.63, 3.8) is 0 Å². The van der Waals surface area contributed by atoms with E-state index in [0.29, 0.717) is 47.5 Å². The SMILES string of the molecule is O=C(NCC1COc2ccccc2O1)c1ccc(C2SCC(=O)N2Cc2ccc(Cl)cc2)cc1. The van der Waals surface area contributed by atoms with Crippen molar-refractivity contribution in [2.45, 2.75) is 18.0 Å². The highest BCUT2D eigenvalue weighted by Gasteiger charge is 2.32. The summed E-state index contributed by atoms with van der Waals surface area (Å²) in [6.45, 7) is 1.24. The molecule has 2 heterocycles. The monoisotopic (exact) mass is 494 g/mol. The minimum absolute atomic E-state index is 0.0897. The highest BCUT2D eigenvalue weighted by atomic mass is 35.5. The molecule has 2 amide bonds. The largest absolute Gasteiger partial charge is 0.486 e. The fraction of sp³-hybridized carbons (Fsp3) is 0.231. The Bertz CT molecular complexity index is 1190. The van der Waals surface area contributed by atoms with Gasteiger partial charge < -0.3 is 19.7 Å². The third kappa shape index (κ3) is 5.00. The Hall–Kier alpha value is -3.16. The Kier molecular flexibility index (Phi) is 6.65. The zero-order valence-electron chi connectivity index (χ0n) is 18.3. The number of benzene rings is 3. The first-order valence-electron chi connectivity index (χ1n) is 11.0. The van der Waals surface area contributed by atoms with E-state index in [2.05, 4.69) is 5.32 Å². The van der Waals surface area contributed by atoms with Crippen LogP contribution in [0.5, 0.6) is 11.5 Å². The van der Waals surface area contributed by atoms with Crippen LogP contribution in [-0.2, 0) is 11.3 Å². The van der Waals surface area contributed by atoms with E-state index < -0.39 is 0 Å². The van der Waals surface area contributed by atoms with Crippen LogP contribution < -0.4 is 14.8 Å². The van der Waals surface area contributed by atoms with Gasteiger partial charge in [-0.15, -0.1) is 11.8 Å². The van der Waals surface area contributed by atoms with Gasteiger partial charge >= 0.3 is 0 Å². The van der Waals surface area contributed by atoms with Crippen LogP contribution in [0, 0.1) is 0 Å². The number of thioether (sulfide) groups is 1. The van der Waals surface area contributed by atoms with Gasteiger partial charge in [-0.05, 0) is 47.5 Å². The second kappa shape index (κ2) is 9.99. The fourth-order valence-electron chi connectivity index (χ4n) is 3.96. The second-order valence-corrected chi connectivity index (χ2v) is 9.65. The molecule has 174 valence electrons. The molecule has 0 aromatic heterocycles. The second-order valence-electron chi connectivity index (χ2n) is 8.14. The zero-order valence-corrected chi connectivity index (χ0v) is 19.9. The predicted molar refractivity (Wildman–Crippen MR) is 132 cm³/mol. The number of carbonyl (C=O) groups excluding carboxylic acids is 2. The van der Waals surface area contributed by atoms with Crippen LogP contribution in [0.15, 0.2) is 72.8 Å². The highest BCUT2D eigenvalue weighted by Crippen LogP contribution is 2.39. The molecule has 2 aliphatic rings. The van der Waals surface area contributed by atoms with Gasteiger partial charge in [0.15, 0.2) is 11.5 Å². The van der Waals surface area contributed by atoms with Gasteiger partial charge in [0.25, 0.3) is 5.91 Å². The van der Waals surface area contributed by atoms with Crippen molar-refractivity contribution in [3.05, 3.63) is 94.5 Å². The van der Waals surface area contributed by atoms with Crippen molar-refractivity contribution < 1.29 is 19.1 Å². The van der Waals surface area contributed by atoms with Crippen LogP contribution in [0.2, 0.25) is 5.02 Å². The maximum atomic E-state index is 12.7. The molecule has 6 nitrogen and oxygen atoms in total. The molecule has 0 saturated carbocycles. The molecule has 5 rings (SSSR count). The lowest BCUT2D eigenvalue weighted by atomic mass is 10.1. The van der Waals surface area contributed by atoms with E-state index in [1.807, 2.05) is 65.6 Å². The van der Waals surface area contributed by atoms with Crippen LogP contribution in [0.4, 0.5) is 0 Å². The molecule has 0 aliphatic carbocycles. The summed E-state index contributed by atoms with van der Waals surface area (Å²) in [7, 11) is 0. The molecule has 1 fully saturated rings. The predicted octanol–water partition coefficient (Wildman–Crippen LogP) is 4.68. The number of rotatable bonds is 6. The summed E-state index contributed by atoms with van der Waals surface area (Å²) >= 11 is 7.57. The fourth-order valence-corrected chi connectivity index (χ4v) is 5.27. The lowest BCUT2D eigenvalue weighted by Gasteiger charge is -2.26. The number of halogens is 1. The van der Waals surface area contributed by atoms with Crippen LogP contribution in [0.1, 0.15) is 26.9 Å². The van der Waals surface area contributed by atoms with Crippen LogP contribution in [-0.4, -0.2) is 41.7 Å². The van der Waals surface area contributed by atoms with E-state index in [9.17, 15) is 9.59 Å². The summed E-state index contributed by atoms with van der Waals surface area (Å²) in [5.74, 6) is 1.76. The molecule has 0 spiro atoms. The molecule has 0 bridgehead atoms. The van der Waals surface area contributed by atoms with Crippen LogP contribution in [0.25, 0.3) is 0 Å². The molecule has 2 atom stereocenters. The third-order valence-electron chi connectivity index (χ3n) is 5.75. The third-order valence-corrected chi connectivity index (χ3v) is 7.26. The summed E-state index contributed by atoms with van der Waals surface area (Å²) in [5.41, 5.74) is 2.57. The first-order chi connectivity index (χ1) is 16.6. The van der Waals surface area contributed by atoms with Gasteiger partial charge in [-0.2, -0.15) is 0 Å². The summed E-state index contributed by atoms with van der Waals surface area (Å²) in [5, 5.41) is 3.50.